The summed E-state index contributed by atoms with van der Waals surface area (Å²) in [5.41, 5.74) is 6.51. The van der Waals surface area contributed by atoms with Gasteiger partial charge in [-0.15, -0.1) is 11.3 Å². The molecule has 0 saturated carbocycles. The summed E-state index contributed by atoms with van der Waals surface area (Å²) in [4.78, 5) is 10.7. The molecular formula is C22H19N3S. The van der Waals surface area contributed by atoms with E-state index in [9.17, 15) is 0 Å². The first-order chi connectivity index (χ1) is 12.8. The molecule has 3 nitrogen and oxygen atoms in total. The van der Waals surface area contributed by atoms with Crippen LogP contribution in [-0.2, 0) is 6.54 Å². The zero-order valence-electron chi connectivity index (χ0n) is 14.6. The molecule has 4 aromatic rings. The van der Waals surface area contributed by atoms with Gasteiger partial charge >= 0.3 is 0 Å². The van der Waals surface area contributed by atoms with Crippen molar-refractivity contribution in [3.05, 3.63) is 83.3 Å². The van der Waals surface area contributed by atoms with Crippen molar-refractivity contribution in [2.75, 3.05) is 13.6 Å². The van der Waals surface area contributed by atoms with Gasteiger partial charge in [0.2, 0.25) is 0 Å². The maximum atomic E-state index is 4.15. The van der Waals surface area contributed by atoms with E-state index in [4.69, 9.17) is 0 Å². The van der Waals surface area contributed by atoms with Crippen molar-refractivity contribution in [1.82, 2.24) is 14.9 Å². The highest BCUT2D eigenvalue weighted by Crippen LogP contribution is 2.36. The largest absolute Gasteiger partial charge is 0.301 e. The average Bonchev–Trinajstić information content (AvgIpc) is 3.15. The number of hydrogen-bond donors (Lipinski definition) is 0. The van der Waals surface area contributed by atoms with E-state index in [0.29, 0.717) is 5.92 Å². The predicted molar refractivity (Wildman–Crippen MR) is 107 cm³/mol. The van der Waals surface area contributed by atoms with Gasteiger partial charge in [0, 0.05) is 41.7 Å². The van der Waals surface area contributed by atoms with Gasteiger partial charge in [0.15, 0.2) is 0 Å². The van der Waals surface area contributed by atoms with Gasteiger partial charge in [0.25, 0.3) is 0 Å². The first kappa shape index (κ1) is 15.7. The van der Waals surface area contributed by atoms with Crippen LogP contribution in [0.3, 0.4) is 0 Å². The van der Waals surface area contributed by atoms with Crippen molar-refractivity contribution in [2.45, 2.75) is 12.5 Å². The summed E-state index contributed by atoms with van der Waals surface area (Å²) in [6.07, 6.45) is 5.33. The third kappa shape index (κ3) is 2.71. The number of nitrogens with zero attached hydrogens (tertiary/aromatic N) is 3. The molecule has 128 valence electrons. The van der Waals surface area contributed by atoms with E-state index >= 15 is 0 Å². The molecule has 0 spiro atoms. The van der Waals surface area contributed by atoms with Crippen LogP contribution in [-0.4, -0.2) is 28.5 Å². The van der Waals surface area contributed by atoms with E-state index in [2.05, 4.69) is 69.8 Å². The molecule has 1 aliphatic rings. The third-order valence-corrected chi connectivity index (χ3v) is 6.11. The molecule has 4 heteroatoms. The zero-order valence-corrected chi connectivity index (χ0v) is 15.4. The van der Waals surface area contributed by atoms with Gasteiger partial charge in [0.05, 0.1) is 0 Å². The van der Waals surface area contributed by atoms with E-state index in [0.717, 1.165) is 18.7 Å². The summed E-state index contributed by atoms with van der Waals surface area (Å²) < 4.78 is 1.37. The fourth-order valence-corrected chi connectivity index (χ4v) is 4.79. The number of aromatic nitrogens is 2. The van der Waals surface area contributed by atoms with Gasteiger partial charge in [-0.2, -0.15) is 0 Å². The maximum absolute atomic E-state index is 4.15. The second kappa shape index (κ2) is 6.31. The van der Waals surface area contributed by atoms with Crippen LogP contribution in [0.4, 0.5) is 0 Å². The number of benzene rings is 2. The predicted octanol–water partition coefficient (Wildman–Crippen LogP) is 4.94. The lowest BCUT2D eigenvalue weighted by Gasteiger charge is -2.33. The second-order valence-corrected chi connectivity index (χ2v) is 7.96. The van der Waals surface area contributed by atoms with Gasteiger partial charge in [-0.05, 0) is 58.3 Å². The lowest BCUT2D eigenvalue weighted by atomic mass is 9.83. The SMILES string of the molecule is CN1Cc2cc(-c3cncnc3)ccc2C(c2ccc3ccsc3c2)C1. The van der Waals surface area contributed by atoms with E-state index < -0.39 is 0 Å². The van der Waals surface area contributed by atoms with E-state index in [1.807, 2.05) is 23.7 Å². The number of rotatable bonds is 2. The van der Waals surface area contributed by atoms with Gasteiger partial charge in [-0.1, -0.05) is 24.3 Å². The molecule has 0 amide bonds. The van der Waals surface area contributed by atoms with Crippen molar-refractivity contribution < 1.29 is 0 Å². The first-order valence-electron chi connectivity index (χ1n) is 8.82. The molecule has 0 aliphatic carbocycles. The Bertz CT molecular complexity index is 1070. The summed E-state index contributed by atoms with van der Waals surface area (Å²) in [7, 11) is 2.21. The molecule has 1 aliphatic heterocycles. The Labute approximate surface area is 157 Å². The molecule has 26 heavy (non-hydrogen) atoms. The summed E-state index contributed by atoms with van der Waals surface area (Å²) in [6, 6.07) is 15.9. The third-order valence-electron chi connectivity index (χ3n) is 5.23. The molecule has 1 atom stereocenters. The van der Waals surface area contributed by atoms with E-state index in [-0.39, 0.29) is 0 Å². The average molecular weight is 357 g/mol. The normalized spacial score (nSPS) is 17.3. The van der Waals surface area contributed by atoms with Crippen molar-refractivity contribution in [3.8, 4) is 11.1 Å². The van der Waals surface area contributed by atoms with Crippen LogP contribution in [0.2, 0.25) is 0 Å². The molecule has 0 fully saturated rings. The van der Waals surface area contributed by atoms with Crippen LogP contribution >= 0.6 is 11.3 Å². The van der Waals surface area contributed by atoms with Crippen LogP contribution in [0.25, 0.3) is 21.2 Å². The fraction of sp³-hybridized carbons (Fsp3) is 0.182. The lowest BCUT2D eigenvalue weighted by Crippen LogP contribution is -2.31. The second-order valence-electron chi connectivity index (χ2n) is 7.01. The van der Waals surface area contributed by atoms with Crippen LogP contribution in [0.1, 0.15) is 22.6 Å². The van der Waals surface area contributed by atoms with Crippen molar-refractivity contribution >= 4 is 21.4 Å². The Morgan fingerprint density at radius 3 is 2.77 bits per heavy atom. The molecule has 0 radical (unpaired) electrons. The smallest absolute Gasteiger partial charge is 0.115 e. The Balaban J connectivity index is 1.59. The van der Waals surface area contributed by atoms with Gasteiger partial charge in [-0.25, -0.2) is 9.97 Å². The standard InChI is InChI=1S/C22H19N3S/c1-25-12-18-8-16(19-10-23-14-24-11-19)4-5-20(18)21(13-25)17-3-2-15-6-7-26-22(15)9-17/h2-11,14,21H,12-13H2,1H3. The van der Waals surface area contributed by atoms with Gasteiger partial charge in [0.1, 0.15) is 6.33 Å². The molecule has 3 heterocycles. The van der Waals surface area contributed by atoms with E-state index in [1.165, 1.54) is 32.3 Å². The summed E-state index contributed by atoms with van der Waals surface area (Å²) in [5.74, 6) is 0.413. The van der Waals surface area contributed by atoms with Gasteiger partial charge < -0.3 is 4.90 Å². The Morgan fingerprint density at radius 1 is 1.00 bits per heavy atom. The molecule has 2 aromatic heterocycles. The molecule has 0 saturated heterocycles. The Morgan fingerprint density at radius 2 is 1.88 bits per heavy atom. The molecule has 5 rings (SSSR count). The van der Waals surface area contributed by atoms with Crippen molar-refractivity contribution in [3.63, 3.8) is 0 Å². The van der Waals surface area contributed by atoms with Crippen LogP contribution in [0, 0.1) is 0 Å². The van der Waals surface area contributed by atoms with Crippen molar-refractivity contribution in [1.29, 1.82) is 0 Å². The minimum atomic E-state index is 0.413. The number of hydrogen-bond acceptors (Lipinski definition) is 4. The van der Waals surface area contributed by atoms with Crippen LogP contribution in [0.5, 0.6) is 0 Å². The van der Waals surface area contributed by atoms with Crippen LogP contribution in [0.15, 0.2) is 66.6 Å². The van der Waals surface area contributed by atoms with Gasteiger partial charge in [-0.3, -0.25) is 0 Å². The number of likely N-dealkylation sites (N-methyl/N-ethyl adjacent to an activating group) is 1. The Kier molecular flexibility index (Phi) is 3.80. The molecule has 0 N–H and O–H groups in total. The maximum Gasteiger partial charge on any atom is 0.115 e. The minimum Gasteiger partial charge on any atom is -0.301 e. The fourth-order valence-electron chi connectivity index (χ4n) is 3.95. The molecular weight excluding hydrogens is 338 g/mol. The highest BCUT2D eigenvalue weighted by atomic mass is 32.1. The number of thiophene rings is 1. The Hall–Kier alpha value is -2.56. The van der Waals surface area contributed by atoms with E-state index in [1.54, 1.807) is 6.33 Å². The summed E-state index contributed by atoms with van der Waals surface area (Å²) in [6.45, 7) is 2.03. The highest BCUT2D eigenvalue weighted by Gasteiger charge is 2.25. The quantitative estimate of drug-likeness (QED) is 0.509. The minimum absolute atomic E-state index is 0.413. The molecule has 1 unspecified atom stereocenters. The lowest BCUT2D eigenvalue weighted by molar-refractivity contribution is 0.295. The van der Waals surface area contributed by atoms with Crippen molar-refractivity contribution in [2.24, 2.45) is 0 Å². The highest BCUT2D eigenvalue weighted by molar-refractivity contribution is 7.17. The molecule has 0 bridgehead atoms. The molecule has 2 aromatic carbocycles. The topological polar surface area (TPSA) is 29.0 Å². The van der Waals surface area contributed by atoms with Crippen LogP contribution < -0.4 is 0 Å². The summed E-state index contributed by atoms with van der Waals surface area (Å²) in [5, 5.41) is 3.51. The monoisotopic (exact) mass is 357 g/mol. The zero-order chi connectivity index (χ0) is 17.5. The first-order valence-corrected chi connectivity index (χ1v) is 9.70. The number of fused-ring (bicyclic) bond motifs is 2. The summed E-state index contributed by atoms with van der Waals surface area (Å²) >= 11 is 1.82.